The molecule has 0 saturated heterocycles. The molecule has 1 heterocycles. The molecule has 0 aromatic carbocycles. The van der Waals surface area contributed by atoms with Crippen LogP contribution in [0, 0.1) is 11.8 Å². The minimum atomic E-state index is -0.0918. The fourth-order valence-corrected chi connectivity index (χ4v) is 3.19. The molecule has 1 aromatic rings. The molecule has 1 aliphatic carbocycles. The van der Waals surface area contributed by atoms with Crippen molar-refractivity contribution in [3.05, 3.63) is 22.6 Å². The van der Waals surface area contributed by atoms with Crippen LogP contribution >= 0.6 is 27.5 Å². The number of rotatable bonds is 4. The maximum absolute atomic E-state index is 11.8. The molecule has 0 aliphatic heterocycles. The first-order valence-corrected chi connectivity index (χ1v) is 7.12. The minimum absolute atomic E-state index is 0.0918. The largest absolute Gasteiger partial charge is 0.457 e. The van der Waals surface area contributed by atoms with E-state index in [9.17, 15) is 4.79 Å². The van der Waals surface area contributed by atoms with Crippen LogP contribution in [0.5, 0.6) is 0 Å². The second-order valence-corrected chi connectivity index (χ2v) is 5.45. The highest BCUT2D eigenvalue weighted by Crippen LogP contribution is 2.32. The molecule has 1 N–H and O–H groups in total. The number of carbonyl (C=O) groups excluding carboxylic acids is 1. The third-order valence-corrected chi connectivity index (χ3v) is 4.41. The van der Waals surface area contributed by atoms with Gasteiger partial charge in [-0.05, 0) is 46.7 Å². The van der Waals surface area contributed by atoms with Crippen LogP contribution in [0.1, 0.15) is 29.6 Å². The number of hydrogen-bond acceptors (Lipinski definition) is 2. The van der Waals surface area contributed by atoms with E-state index in [2.05, 4.69) is 21.2 Å². The lowest BCUT2D eigenvalue weighted by Crippen LogP contribution is -2.31. The monoisotopic (exact) mass is 319 g/mol. The highest BCUT2D eigenvalue weighted by molar-refractivity contribution is 9.10. The van der Waals surface area contributed by atoms with Gasteiger partial charge in [-0.2, -0.15) is 0 Å². The van der Waals surface area contributed by atoms with Crippen molar-refractivity contribution in [2.24, 2.45) is 11.8 Å². The molecular formula is C12H15BrClNO2. The molecule has 94 valence electrons. The summed E-state index contributed by atoms with van der Waals surface area (Å²) >= 11 is 9.10. The van der Waals surface area contributed by atoms with E-state index in [1.54, 1.807) is 6.07 Å². The molecule has 1 aromatic heterocycles. The quantitative estimate of drug-likeness (QED) is 0.864. The third-order valence-electron chi connectivity index (χ3n) is 3.40. The van der Waals surface area contributed by atoms with Crippen LogP contribution in [0.3, 0.4) is 0 Å². The van der Waals surface area contributed by atoms with E-state index in [0.717, 1.165) is 6.42 Å². The Morgan fingerprint density at radius 1 is 1.53 bits per heavy atom. The van der Waals surface area contributed by atoms with Crippen molar-refractivity contribution in [1.29, 1.82) is 0 Å². The van der Waals surface area contributed by atoms with Crippen molar-refractivity contribution in [2.75, 3.05) is 12.4 Å². The number of carbonyl (C=O) groups is 1. The van der Waals surface area contributed by atoms with Gasteiger partial charge < -0.3 is 9.73 Å². The second-order valence-electron chi connectivity index (χ2n) is 4.42. The van der Waals surface area contributed by atoms with E-state index in [0.29, 0.717) is 34.5 Å². The molecule has 1 fully saturated rings. The molecule has 1 amide bonds. The Morgan fingerprint density at radius 3 is 2.94 bits per heavy atom. The van der Waals surface area contributed by atoms with E-state index in [-0.39, 0.29) is 5.91 Å². The number of nitrogens with one attached hydrogen (secondary N) is 1. The number of halogens is 2. The summed E-state index contributed by atoms with van der Waals surface area (Å²) in [7, 11) is 0. The van der Waals surface area contributed by atoms with Gasteiger partial charge in [0, 0.05) is 12.4 Å². The summed E-state index contributed by atoms with van der Waals surface area (Å²) in [5.74, 6) is 1.66. The number of alkyl halides is 1. The highest BCUT2D eigenvalue weighted by atomic mass is 79.9. The zero-order valence-electron chi connectivity index (χ0n) is 9.42. The molecule has 1 saturated carbocycles. The van der Waals surface area contributed by atoms with Crippen LogP contribution in [-0.2, 0) is 0 Å². The van der Waals surface area contributed by atoms with E-state index in [4.69, 9.17) is 16.0 Å². The summed E-state index contributed by atoms with van der Waals surface area (Å²) in [5.41, 5.74) is 0.547. The van der Waals surface area contributed by atoms with Gasteiger partial charge in [0.2, 0.25) is 0 Å². The Balaban J connectivity index is 1.86. The van der Waals surface area contributed by atoms with Crippen molar-refractivity contribution in [3.8, 4) is 0 Å². The fraction of sp³-hybridized carbons (Fsp3) is 0.583. The van der Waals surface area contributed by atoms with E-state index in [1.807, 2.05) is 0 Å². The van der Waals surface area contributed by atoms with Crippen molar-refractivity contribution < 1.29 is 9.21 Å². The van der Waals surface area contributed by atoms with Crippen LogP contribution in [0.4, 0.5) is 0 Å². The van der Waals surface area contributed by atoms with Crippen molar-refractivity contribution in [3.63, 3.8) is 0 Å². The van der Waals surface area contributed by atoms with Crippen molar-refractivity contribution in [2.45, 2.75) is 19.3 Å². The minimum Gasteiger partial charge on any atom is -0.457 e. The van der Waals surface area contributed by atoms with Gasteiger partial charge in [-0.15, -0.1) is 11.6 Å². The predicted octanol–water partition coefficient (Wildman–Crippen LogP) is 3.43. The predicted molar refractivity (Wildman–Crippen MR) is 70.3 cm³/mol. The molecule has 3 nitrogen and oxygen atoms in total. The lowest BCUT2D eigenvalue weighted by atomic mass is 9.98. The Hall–Kier alpha value is -0.480. The number of amides is 1. The molecule has 0 radical (unpaired) electrons. The Labute approximate surface area is 114 Å². The molecule has 5 heteroatoms. The number of furan rings is 1. The second kappa shape index (κ2) is 5.91. The van der Waals surface area contributed by atoms with E-state index < -0.39 is 0 Å². The summed E-state index contributed by atoms with van der Waals surface area (Å²) < 4.78 is 5.52. The van der Waals surface area contributed by atoms with Gasteiger partial charge in [-0.25, -0.2) is 0 Å². The van der Waals surface area contributed by atoms with Crippen LogP contribution in [-0.4, -0.2) is 18.3 Å². The van der Waals surface area contributed by atoms with Crippen LogP contribution in [0.25, 0.3) is 0 Å². The van der Waals surface area contributed by atoms with Gasteiger partial charge in [0.25, 0.3) is 5.91 Å². The maximum atomic E-state index is 11.8. The van der Waals surface area contributed by atoms with Gasteiger partial charge >= 0.3 is 0 Å². The SMILES string of the molecule is O=C(NCC1CCCC1CCl)c1ccoc1Br. The van der Waals surface area contributed by atoms with Gasteiger partial charge in [-0.3, -0.25) is 4.79 Å². The zero-order valence-corrected chi connectivity index (χ0v) is 11.8. The molecule has 2 atom stereocenters. The van der Waals surface area contributed by atoms with Crippen LogP contribution in [0.15, 0.2) is 21.4 Å². The summed E-state index contributed by atoms with van der Waals surface area (Å²) in [6.45, 7) is 0.702. The van der Waals surface area contributed by atoms with E-state index in [1.165, 1.54) is 19.1 Å². The fourth-order valence-electron chi connectivity index (χ4n) is 2.36. The van der Waals surface area contributed by atoms with E-state index >= 15 is 0 Å². The average molecular weight is 321 g/mol. The standard InChI is InChI=1S/C12H15BrClNO2/c13-11-10(4-5-17-11)12(16)15-7-9-3-1-2-8(9)6-14/h4-5,8-9H,1-3,6-7H2,(H,15,16). The number of hydrogen-bond donors (Lipinski definition) is 1. The lowest BCUT2D eigenvalue weighted by Gasteiger charge is -2.17. The van der Waals surface area contributed by atoms with Gasteiger partial charge in [-0.1, -0.05) is 6.42 Å². The van der Waals surface area contributed by atoms with Crippen molar-refractivity contribution >= 4 is 33.4 Å². The molecule has 2 unspecified atom stereocenters. The summed E-state index contributed by atoms with van der Waals surface area (Å²) in [4.78, 5) is 11.8. The maximum Gasteiger partial charge on any atom is 0.255 e. The lowest BCUT2D eigenvalue weighted by molar-refractivity contribution is 0.0943. The average Bonchev–Trinajstić information content (AvgIpc) is 2.94. The highest BCUT2D eigenvalue weighted by Gasteiger charge is 2.27. The molecule has 0 bridgehead atoms. The smallest absolute Gasteiger partial charge is 0.255 e. The Morgan fingerprint density at radius 2 is 2.29 bits per heavy atom. The molecule has 2 rings (SSSR count). The first-order chi connectivity index (χ1) is 8.22. The normalized spacial score (nSPS) is 23.9. The summed E-state index contributed by atoms with van der Waals surface area (Å²) in [6.07, 6.45) is 5.05. The van der Waals surface area contributed by atoms with Gasteiger partial charge in [0.05, 0.1) is 11.8 Å². The zero-order chi connectivity index (χ0) is 12.3. The topological polar surface area (TPSA) is 42.2 Å². The van der Waals surface area contributed by atoms with Crippen molar-refractivity contribution in [1.82, 2.24) is 5.32 Å². The first kappa shape index (κ1) is 13.0. The summed E-state index contributed by atoms with van der Waals surface area (Å²) in [5, 5.41) is 2.94. The van der Waals surface area contributed by atoms with Gasteiger partial charge in [0.15, 0.2) is 4.67 Å². The summed E-state index contributed by atoms with van der Waals surface area (Å²) in [6, 6.07) is 1.66. The molecule has 0 spiro atoms. The van der Waals surface area contributed by atoms with Crippen LogP contribution in [0.2, 0.25) is 0 Å². The first-order valence-electron chi connectivity index (χ1n) is 5.79. The Kier molecular flexibility index (Phi) is 4.51. The molecular weight excluding hydrogens is 305 g/mol. The van der Waals surface area contributed by atoms with Crippen LogP contribution < -0.4 is 5.32 Å². The molecule has 17 heavy (non-hydrogen) atoms. The molecule has 1 aliphatic rings. The third kappa shape index (κ3) is 3.05. The van der Waals surface area contributed by atoms with Gasteiger partial charge in [0.1, 0.15) is 0 Å². The Bertz CT molecular complexity index is 394.